The van der Waals surface area contributed by atoms with Gasteiger partial charge in [0, 0.05) is 6.54 Å². The lowest BCUT2D eigenvalue weighted by atomic mass is 9.62. The molecule has 3 aliphatic rings. The topological polar surface area (TPSA) is 112 Å². The molecule has 0 saturated carbocycles. The minimum Gasteiger partial charge on any atom is -0.395 e. The predicted molar refractivity (Wildman–Crippen MR) is 124 cm³/mol. The molecular formula is C24H26N2O6S2. The summed E-state index contributed by atoms with van der Waals surface area (Å²) in [6, 6.07) is 14.0. The van der Waals surface area contributed by atoms with Crippen LogP contribution in [0.3, 0.4) is 0 Å². The van der Waals surface area contributed by atoms with Crippen molar-refractivity contribution in [1.82, 2.24) is 8.61 Å². The monoisotopic (exact) mass is 502 g/mol. The minimum absolute atomic E-state index is 0.0200. The van der Waals surface area contributed by atoms with Crippen molar-refractivity contribution in [2.45, 2.75) is 41.1 Å². The van der Waals surface area contributed by atoms with Crippen LogP contribution in [0.1, 0.15) is 19.3 Å². The van der Waals surface area contributed by atoms with Crippen LogP contribution < -0.4 is 0 Å². The number of carbonyl (C=O) groups is 1. The number of benzene rings is 2. The first-order valence-electron chi connectivity index (χ1n) is 11.2. The lowest BCUT2D eigenvalue weighted by Crippen LogP contribution is -2.60. The van der Waals surface area contributed by atoms with E-state index in [4.69, 9.17) is 0 Å². The van der Waals surface area contributed by atoms with Gasteiger partial charge in [0.1, 0.15) is 0 Å². The first kappa shape index (κ1) is 23.2. The van der Waals surface area contributed by atoms with Crippen molar-refractivity contribution in [2.24, 2.45) is 11.3 Å². The summed E-state index contributed by atoms with van der Waals surface area (Å²) in [5.41, 5.74) is -1.26. The molecule has 0 unspecified atom stereocenters. The molecule has 0 aromatic heterocycles. The molecule has 2 aromatic carbocycles. The lowest BCUT2D eigenvalue weighted by Gasteiger charge is -2.49. The number of allylic oxidation sites excluding steroid dienone is 1. The highest BCUT2D eigenvalue weighted by Crippen LogP contribution is 2.56. The van der Waals surface area contributed by atoms with E-state index in [1.165, 1.54) is 28.6 Å². The number of rotatable bonds is 5. The Labute approximate surface area is 199 Å². The first-order chi connectivity index (χ1) is 16.2. The van der Waals surface area contributed by atoms with Crippen LogP contribution in [-0.4, -0.2) is 61.7 Å². The molecule has 2 aromatic rings. The van der Waals surface area contributed by atoms with E-state index in [1.54, 1.807) is 42.5 Å². The SMILES string of the molecule is O=C1N(S(=O)(=O)c2ccccc2)CC[C@H]2CC=C[C@@H]3N(S(=O)(=O)c4ccccc4)[C@@H](CO)C[C@]123. The van der Waals surface area contributed by atoms with E-state index in [9.17, 15) is 26.7 Å². The van der Waals surface area contributed by atoms with Crippen LogP contribution in [0, 0.1) is 11.3 Å². The third-order valence-corrected chi connectivity index (χ3v) is 11.1. The largest absolute Gasteiger partial charge is 0.395 e. The smallest absolute Gasteiger partial charge is 0.266 e. The van der Waals surface area contributed by atoms with Gasteiger partial charge in [-0.25, -0.2) is 21.1 Å². The molecule has 2 aliphatic heterocycles. The summed E-state index contributed by atoms with van der Waals surface area (Å²) in [4.78, 5) is 14.2. The number of amides is 1. The van der Waals surface area contributed by atoms with Gasteiger partial charge < -0.3 is 5.11 Å². The zero-order chi connectivity index (χ0) is 24.1. The standard InChI is InChI=1S/C24H26N2O6S2/c27-17-19-16-24-18(14-15-25(23(24)28)33(29,30)20-9-3-1-4-10-20)8-7-13-22(24)26(19)34(31,32)21-11-5-2-6-12-21/h1-7,9-13,18-19,22,27H,8,14-17H2/t18-,19-,22+,24+/m1/s1. The summed E-state index contributed by atoms with van der Waals surface area (Å²) < 4.78 is 56.3. The number of sulfonamides is 2. The van der Waals surface area contributed by atoms with Gasteiger partial charge in [-0.3, -0.25) is 4.79 Å². The van der Waals surface area contributed by atoms with Crippen LogP contribution in [0.15, 0.2) is 82.6 Å². The minimum atomic E-state index is -4.11. The maximum absolute atomic E-state index is 14.1. The number of hydrogen-bond donors (Lipinski definition) is 1. The normalized spacial score (nSPS) is 29.6. The Morgan fingerprint density at radius 2 is 1.50 bits per heavy atom. The summed E-state index contributed by atoms with van der Waals surface area (Å²) in [6.07, 6.45) is 4.61. The summed E-state index contributed by atoms with van der Waals surface area (Å²) in [7, 11) is -8.16. The highest BCUT2D eigenvalue weighted by atomic mass is 32.2. The predicted octanol–water partition coefficient (Wildman–Crippen LogP) is 1.99. The van der Waals surface area contributed by atoms with E-state index in [2.05, 4.69) is 0 Å². The zero-order valence-corrected chi connectivity index (χ0v) is 20.0. The van der Waals surface area contributed by atoms with Crippen molar-refractivity contribution in [1.29, 1.82) is 0 Å². The Bertz CT molecular complexity index is 1330. The third kappa shape index (κ3) is 3.27. The Hall–Kier alpha value is -2.53. The lowest BCUT2D eigenvalue weighted by molar-refractivity contribution is -0.146. The fraction of sp³-hybridized carbons (Fsp3) is 0.375. The molecule has 4 atom stereocenters. The number of aliphatic hydroxyl groups excluding tert-OH is 1. The molecule has 1 spiro atoms. The van der Waals surface area contributed by atoms with Crippen molar-refractivity contribution >= 4 is 26.0 Å². The molecule has 1 amide bonds. The van der Waals surface area contributed by atoms with Gasteiger partial charge in [-0.05, 0) is 49.4 Å². The van der Waals surface area contributed by atoms with Crippen molar-refractivity contribution in [2.75, 3.05) is 13.2 Å². The molecule has 2 heterocycles. The van der Waals surface area contributed by atoms with Crippen LogP contribution in [0.4, 0.5) is 0 Å². The summed E-state index contributed by atoms with van der Waals surface area (Å²) in [5, 5.41) is 10.2. The van der Waals surface area contributed by atoms with Crippen molar-refractivity contribution in [3.8, 4) is 0 Å². The Kier molecular flexibility index (Phi) is 5.67. The van der Waals surface area contributed by atoms with Gasteiger partial charge >= 0.3 is 0 Å². The van der Waals surface area contributed by atoms with Gasteiger partial charge in [0.05, 0.1) is 33.9 Å². The van der Waals surface area contributed by atoms with Crippen LogP contribution in [0.2, 0.25) is 0 Å². The van der Waals surface area contributed by atoms with Gasteiger partial charge in [-0.1, -0.05) is 48.6 Å². The van der Waals surface area contributed by atoms with E-state index >= 15 is 0 Å². The Morgan fingerprint density at radius 3 is 2.09 bits per heavy atom. The van der Waals surface area contributed by atoms with E-state index in [0.717, 1.165) is 4.31 Å². The van der Waals surface area contributed by atoms with Crippen LogP contribution >= 0.6 is 0 Å². The molecule has 0 bridgehead atoms. The Balaban J connectivity index is 1.62. The van der Waals surface area contributed by atoms with E-state index in [-0.39, 0.29) is 28.7 Å². The number of aliphatic hydroxyl groups is 1. The molecule has 1 N–H and O–H groups in total. The maximum atomic E-state index is 14.1. The van der Waals surface area contributed by atoms with Gasteiger partial charge in [0.25, 0.3) is 10.0 Å². The third-order valence-electron chi connectivity index (χ3n) is 7.37. The molecule has 180 valence electrons. The highest BCUT2D eigenvalue weighted by Gasteiger charge is 2.66. The van der Waals surface area contributed by atoms with Gasteiger partial charge in [-0.15, -0.1) is 0 Å². The molecule has 1 aliphatic carbocycles. The number of carbonyl (C=O) groups excluding carboxylic acids is 1. The second-order valence-electron chi connectivity index (χ2n) is 9.02. The van der Waals surface area contributed by atoms with Crippen LogP contribution in [0.25, 0.3) is 0 Å². The molecule has 10 heteroatoms. The van der Waals surface area contributed by atoms with E-state index in [1.807, 2.05) is 6.08 Å². The second kappa shape index (κ2) is 8.30. The van der Waals surface area contributed by atoms with Crippen molar-refractivity contribution in [3.05, 3.63) is 72.8 Å². The van der Waals surface area contributed by atoms with Gasteiger partial charge in [-0.2, -0.15) is 4.31 Å². The zero-order valence-electron chi connectivity index (χ0n) is 18.4. The average molecular weight is 503 g/mol. The Morgan fingerprint density at radius 1 is 0.912 bits per heavy atom. The number of hydrogen-bond acceptors (Lipinski definition) is 6. The van der Waals surface area contributed by atoms with Gasteiger partial charge in [0.2, 0.25) is 15.9 Å². The summed E-state index contributed by atoms with van der Waals surface area (Å²) >= 11 is 0. The molecule has 0 radical (unpaired) electrons. The first-order valence-corrected chi connectivity index (χ1v) is 14.1. The average Bonchev–Trinajstić information content (AvgIpc) is 3.21. The number of piperidine rings is 1. The fourth-order valence-electron chi connectivity index (χ4n) is 5.83. The molecule has 8 nitrogen and oxygen atoms in total. The molecule has 2 saturated heterocycles. The molecule has 5 rings (SSSR count). The quantitative estimate of drug-likeness (QED) is 0.626. The maximum Gasteiger partial charge on any atom is 0.266 e. The van der Waals surface area contributed by atoms with Crippen molar-refractivity contribution < 1.29 is 26.7 Å². The van der Waals surface area contributed by atoms with Crippen LogP contribution in [-0.2, 0) is 24.8 Å². The molecule has 34 heavy (non-hydrogen) atoms. The molecular weight excluding hydrogens is 476 g/mol. The summed E-state index contributed by atoms with van der Waals surface area (Å²) in [5.74, 6) is -0.812. The van der Waals surface area contributed by atoms with E-state index < -0.39 is 50.1 Å². The van der Waals surface area contributed by atoms with Crippen LogP contribution in [0.5, 0.6) is 0 Å². The number of nitrogens with zero attached hydrogens (tertiary/aromatic N) is 2. The highest BCUT2D eigenvalue weighted by molar-refractivity contribution is 7.89. The van der Waals surface area contributed by atoms with Crippen molar-refractivity contribution in [3.63, 3.8) is 0 Å². The van der Waals surface area contributed by atoms with E-state index in [0.29, 0.717) is 12.8 Å². The molecule has 2 fully saturated rings. The fourth-order valence-corrected chi connectivity index (χ4v) is 9.15. The van der Waals surface area contributed by atoms with Gasteiger partial charge in [0.15, 0.2) is 0 Å². The summed E-state index contributed by atoms with van der Waals surface area (Å²) in [6.45, 7) is -0.429. The second-order valence-corrected chi connectivity index (χ2v) is 12.7.